The monoisotopic (exact) mass is 951 g/mol. The van der Waals surface area contributed by atoms with Gasteiger partial charge in [-0.05, 0) is 82.9 Å². The summed E-state index contributed by atoms with van der Waals surface area (Å²) in [7, 11) is 0. The first kappa shape index (κ1) is 39.6. The number of rotatable bonds is 9. The Kier molecular flexibility index (Phi) is 9.04. The lowest BCUT2D eigenvalue weighted by Crippen LogP contribution is -2.48. The van der Waals surface area contributed by atoms with Gasteiger partial charge in [-0.2, -0.15) is 26.3 Å². The second-order valence-corrected chi connectivity index (χ2v) is 20.4. The molecule has 8 aromatic rings. The second-order valence-electron chi connectivity index (χ2n) is 14.3. The maximum absolute atomic E-state index is 16.5. The first-order chi connectivity index (χ1) is 29.7. The fourth-order valence-electron chi connectivity index (χ4n) is 8.00. The van der Waals surface area contributed by atoms with Gasteiger partial charge < -0.3 is 19.7 Å². The fraction of sp³-hybridized carbons (Fsp3) is 0.114. The van der Waals surface area contributed by atoms with Crippen LogP contribution in [0.5, 0.6) is 17.5 Å². The third-order valence-corrected chi connectivity index (χ3v) is 17.5. The summed E-state index contributed by atoms with van der Waals surface area (Å²) in [5.74, 6) is -17.3. The normalized spacial score (nSPS) is 19.2. The number of halogens is 6. The summed E-state index contributed by atoms with van der Waals surface area (Å²) in [4.78, 5) is 16.5. The summed E-state index contributed by atoms with van der Waals surface area (Å²) in [5, 5.41) is 27.0. The minimum Gasteiger partial charge on any atom is -0.494 e. The van der Waals surface area contributed by atoms with Gasteiger partial charge in [-0.3, -0.25) is 4.57 Å². The summed E-state index contributed by atoms with van der Waals surface area (Å²) in [6.07, 6.45) is 2.67. The molecular weight excluding hydrogens is 929 g/mol. The number of esters is 1. The molecule has 0 amide bonds. The largest absolute Gasteiger partial charge is 0.494 e. The van der Waals surface area contributed by atoms with Crippen molar-refractivity contribution in [2.24, 2.45) is 0 Å². The van der Waals surface area contributed by atoms with Crippen molar-refractivity contribution in [3.8, 4) is 62.2 Å². The lowest BCUT2D eigenvalue weighted by atomic mass is 9.94. The van der Waals surface area contributed by atoms with E-state index in [-0.39, 0.29) is 42.6 Å². The van der Waals surface area contributed by atoms with Crippen LogP contribution in [0.4, 0.5) is 26.3 Å². The molecule has 0 saturated carbocycles. The molecule has 6 nitrogen and oxygen atoms in total. The van der Waals surface area contributed by atoms with Crippen LogP contribution < -0.4 is 4.74 Å². The fourth-order valence-corrected chi connectivity index (χ4v) is 13.8. The molecular formula is C44H23F6NO5S6. The van der Waals surface area contributed by atoms with E-state index in [1.165, 1.54) is 57.6 Å². The Bertz CT molecular complexity index is 3080. The first-order valence-corrected chi connectivity index (χ1v) is 23.5. The number of fused-ring (bicyclic) bond motifs is 5. The molecule has 2 unspecified atom stereocenters. The summed E-state index contributed by atoms with van der Waals surface area (Å²) in [6, 6.07) is 21.7. The first-order valence-electron chi connectivity index (χ1n) is 18.5. The van der Waals surface area contributed by atoms with E-state index in [1.807, 2.05) is 0 Å². The number of alkyl halides is 6. The highest BCUT2D eigenvalue weighted by molar-refractivity contribution is 7.27. The van der Waals surface area contributed by atoms with E-state index < -0.39 is 52.7 Å². The molecule has 2 aliphatic heterocycles. The molecule has 0 saturated heterocycles. The van der Waals surface area contributed by atoms with Crippen LogP contribution in [0.3, 0.4) is 0 Å². The standard InChI is InChI=1S/C44H23F6NO5S6/c45-42(46)35(22-18-31(26-4-1-15-57-26)61-37(22)28-5-2-16-58-28)36(43(47,48)44(42,49)50)23-19-32(62-38(23)29-6-3-17-59-29)27-13-14-30(60-27)41(54)55-21-9-7-20(8-10-21)51-39(52)33-24-11-12-25(56-24)34(33)40(51)53/h1-19,24-25,52-53H. The van der Waals surface area contributed by atoms with Gasteiger partial charge in [0.25, 0.3) is 0 Å². The van der Waals surface area contributed by atoms with Crippen molar-refractivity contribution >= 4 is 85.1 Å². The van der Waals surface area contributed by atoms with Crippen molar-refractivity contribution < 1.29 is 50.8 Å². The quantitative estimate of drug-likeness (QED) is 0.0652. The van der Waals surface area contributed by atoms with E-state index in [9.17, 15) is 15.0 Å². The third kappa shape index (κ3) is 5.77. The van der Waals surface area contributed by atoms with E-state index in [0.717, 1.165) is 45.3 Å². The smallest absolute Gasteiger partial charge is 0.380 e. The van der Waals surface area contributed by atoms with E-state index in [2.05, 4.69) is 0 Å². The Labute approximate surface area is 370 Å². The van der Waals surface area contributed by atoms with Crippen LogP contribution in [0.15, 0.2) is 113 Å². The predicted octanol–water partition coefficient (Wildman–Crippen LogP) is 14.7. The van der Waals surface area contributed by atoms with Gasteiger partial charge in [0.05, 0.1) is 26.6 Å². The Hall–Kier alpha value is -5.21. The van der Waals surface area contributed by atoms with E-state index in [0.29, 0.717) is 41.2 Å². The molecule has 2 bridgehead atoms. The lowest BCUT2D eigenvalue weighted by molar-refractivity contribution is -0.254. The molecule has 2 atom stereocenters. The molecule has 7 aromatic heterocycles. The molecule has 3 aliphatic rings. The summed E-state index contributed by atoms with van der Waals surface area (Å²) < 4.78 is 110. The number of ether oxygens (including phenoxy) is 2. The number of allylic oxidation sites excluding steroid dienone is 2. The molecule has 9 heterocycles. The van der Waals surface area contributed by atoms with Gasteiger partial charge in [0.15, 0.2) is 0 Å². The van der Waals surface area contributed by atoms with Crippen LogP contribution >= 0.6 is 68.0 Å². The summed E-state index contributed by atoms with van der Waals surface area (Å²) in [6.45, 7) is 0. The number of aromatic hydroxyl groups is 2. The zero-order valence-electron chi connectivity index (χ0n) is 30.9. The number of hydrogen-bond acceptors (Lipinski definition) is 11. The molecule has 2 N–H and O–H groups in total. The van der Waals surface area contributed by atoms with Crippen molar-refractivity contribution in [2.75, 3.05) is 0 Å². The van der Waals surface area contributed by atoms with Gasteiger partial charge in [-0.25, -0.2) is 4.79 Å². The van der Waals surface area contributed by atoms with Gasteiger partial charge in [-0.1, -0.05) is 30.4 Å². The number of carbonyl (C=O) groups excluding carboxylic acids is 1. The number of aromatic nitrogens is 1. The number of carbonyl (C=O) groups is 1. The van der Waals surface area contributed by atoms with Crippen molar-refractivity contribution in [1.82, 2.24) is 4.57 Å². The number of benzene rings is 1. The van der Waals surface area contributed by atoms with Crippen molar-refractivity contribution in [2.45, 2.75) is 30.0 Å². The topological polar surface area (TPSA) is 80.9 Å². The minimum absolute atomic E-state index is 0.0983. The average Bonchev–Trinajstić information content (AvgIpc) is 4.10. The maximum Gasteiger partial charge on any atom is 0.380 e. The van der Waals surface area contributed by atoms with Gasteiger partial charge >= 0.3 is 23.7 Å². The lowest BCUT2D eigenvalue weighted by Gasteiger charge is -2.25. The number of thiophene rings is 6. The van der Waals surface area contributed by atoms with Crippen LogP contribution in [-0.4, -0.2) is 38.5 Å². The Morgan fingerprint density at radius 3 is 1.61 bits per heavy atom. The molecule has 18 heteroatoms. The van der Waals surface area contributed by atoms with Gasteiger partial charge in [0, 0.05) is 51.5 Å². The van der Waals surface area contributed by atoms with Gasteiger partial charge in [-0.15, -0.1) is 68.0 Å². The Balaban J connectivity index is 0.965. The predicted molar refractivity (Wildman–Crippen MR) is 233 cm³/mol. The molecule has 1 aromatic carbocycles. The molecule has 0 fully saturated rings. The van der Waals surface area contributed by atoms with Crippen molar-refractivity contribution in [3.05, 3.63) is 140 Å². The minimum atomic E-state index is -5.77. The zero-order valence-corrected chi connectivity index (χ0v) is 35.8. The van der Waals surface area contributed by atoms with Gasteiger partial charge in [0.1, 0.15) is 22.8 Å². The van der Waals surface area contributed by atoms with Gasteiger partial charge in [0.2, 0.25) is 11.8 Å². The summed E-state index contributed by atoms with van der Waals surface area (Å²) >= 11 is 6.63. The molecule has 312 valence electrons. The highest BCUT2D eigenvalue weighted by Gasteiger charge is 2.80. The average molecular weight is 952 g/mol. The van der Waals surface area contributed by atoms with Crippen LogP contribution in [0.25, 0.3) is 55.9 Å². The number of hydrogen-bond donors (Lipinski definition) is 2. The highest BCUT2D eigenvalue weighted by atomic mass is 32.1. The number of nitrogens with zero attached hydrogens (tertiary/aromatic N) is 1. The van der Waals surface area contributed by atoms with Crippen LogP contribution in [0, 0.1) is 0 Å². The van der Waals surface area contributed by atoms with Crippen molar-refractivity contribution in [3.63, 3.8) is 0 Å². The molecule has 11 rings (SSSR count). The molecule has 0 radical (unpaired) electrons. The molecule has 62 heavy (non-hydrogen) atoms. The van der Waals surface area contributed by atoms with E-state index in [1.54, 1.807) is 82.9 Å². The van der Waals surface area contributed by atoms with E-state index in [4.69, 9.17) is 9.47 Å². The van der Waals surface area contributed by atoms with Crippen LogP contribution in [0.1, 0.15) is 44.1 Å². The molecule has 1 aliphatic carbocycles. The molecule has 0 spiro atoms. The maximum atomic E-state index is 16.5. The van der Waals surface area contributed by atoms with Crippen LogP contribution in [-0.2, 0) is 4.74 Å². The zero-order chi connectivity index (χ0) is 42.9. The third-order valence-electron chi connectivity index (χ3n) is 10.8. The van der Waals surface area contributed by atoms with Crippen molar-refractivity contribution in [1.29, 1.82) is 0 Å². The Morgan fingerprint density at radius 1 is 0.613 bits per heavy atom. The van der Waals surface area contributed by atoms with Crippen LogP contribution in [0.2, 0.25) is 0 Å². The van der Waals surface area contributed by atoms with E-state index >= 15 is 26.3 Å². The second kappa shape index (κ2) is 14.2. The highest BCUT2D eigenvalue weighted by Crippen LogP contribution is 2.68. The SMILES string of the molecule is O=C(Oc1ccc(-n2c(O)c3c(c2O)C2C=CC3O2)cc1)c1ccc(-c2cc(C3=C(c4cc(-c5cccs5)sc4-c4cccs4)C(F)(F)C(F)(F)C3(F)F)c(-c3cccs3)s2)s1. The Morgan fingerprint density at radius 2 is 1.11 bits per heavy atom. The summed E-state index contributed by atoms with van der Waals surface area (Å²) in [5.41, 5.74) is -2.35.